The van der Waals surface area contributed by atoms with Crippen LogP contribution in [-0.2, 0) is 0 Å². The van der Waals surface area contributed by atoms with Gasteiger partial charge in [-0.2, -0.15) is 0 Å². The second kappa shape index (κ2) is 7.67. The summed E-state index contributed by atoms with van der Waals surface area (Å²) >= 11 is 6.44. The number of H-pyrrole nitrogens is 1. The van der Waals surface area contributed by atoms with Crippen LogP contribution in [0.15, 0.2) is 30.6 Å². The van der Waals surface area contributed by atoms with Gasteiger partial charge in [0.15, 0.2) is 0 Å². The van der Waals surface area contributed by atoms with Gasteiger partial charge in [0.1, 0.15) is 5.82 Å². The number of nitrogens with one attached hydrogen (secondary N) is 1. The van der Waals surface area contributed by atoms with Crippen molar-refractivity contribution < 1.29 is 0 Å². The number of anilines is 1. The zero-order valence-electron chi connectivity index (χ0n) is 15.2. The van der Waals surface area contributed by atoms with Crippen molar-refractivity contribution in [1.29, 1.82) is 0 Å². The summed E-state index contributed by atoms with van der Waals surface area (Å²) in [5.41, 5.74) is 3.95. The van der Waals surface area contributed by atoms with E-state index in [4.69, 9.17) is 11.6 Å². The highest BCUT2D eigenvalue weighted by molar-refractivity contribution is 6.34. The zero-order valence-corrected chi connectivity index (χ0v) is 15.9. The van der Waals surface area contributed by atoms with E-state index in [0.29, 0.717) is 10.9 Å². The van der Waals surface area contributed by atoms with Crippen LogP contribution >= 0.6 is 11.6 Å². The van der Waals surface area contributed by atoms with Crippen molar-refractivity contribution in [2.24, 2.45) is 0 Å². The number of hydrogen-bond donors (Lipinski definition) is 1. The van der Waals surface area contributed by atoms with Crippen molar-refractivity contribution in [3.63, 3.8) is 0 Å². The van der Waals surface area contributed by atoms with Crippen molar-refractivity contribution in [3.8, 4) is 11.3 Å². The molecule has 3 rings (SSSR count). The Morgan fingerprint density at radius 1 is 1.04 bits per heavy atom. The topological polar surface area (TPSA) is 44.8 Å². The quantitative estimate of drug-likeness (QED) is 0.682. The predicted octanol–water partition coefficient (Wildman–Crippen LogP) is 5.49. The summed E-state index contributed by atoms with van der Waals surface area (Å²) in [6.45, 7) is 8.33. The lowest BCUT2D eigenvalue weighted by Gasteiger charge is -2.11. The van der Waals surface area contributed by atoms with E-state index in [1.807, 2.05) is 45.0 Å². The molecule has 0 aliphatic rings. The molecule has 1 aromatic carbocycles. The summed E-state index contributed by atoms with van der Waals surface area (Å²) in [6, 6.07) is 6.18. The van der Waals surface area contributed by atoms with Crippen LogP contribution in [0.1, 0.15) is 39.3 Å². The summed E-state index contributed by atoms with van der Waals surface area (Å²) in [5.74, 6) is 1.27. The van der Waals surface area contributed by atoms with E-state index in [1.165, 1.54) is 5.69 Å². The number of hydrogen-bond acceptors (Lipinski definition) is 3. The van der Waals surface area contributed by atoms with Crippen molar-refractivity contribution in [2.75, 3.05) is 19.0 Å². The molecular weight excluding hydrogens is 320 g/mol. The highest BCUT2D eigenvalue weighted by Gasteiger charge is 2.11. The van der Waals surface area contributed by atoms with Gasteiger partial charge in [-0.1, -0.05) is 39.3 Å². The smallest absolute Gasteiger partial charge is 0.146 e. The molecule has 0 saturated carbocycles. The maximum Gasteiger partial charge on any atom is 0.146 e. The number of aromatic nitrogens is 3. The molecule has 0 aliphatic carbocycles. The highest BCUT2D eigenvalue weighted by atomic mass is 35.5. The van der Waals surface area contributed by atoms with Crippen LogP contribution in [0.5, 0.6) is 0 Å². The van der Waals surface area contributed by atoms with Gasteiger partial charge in [-0.25, -0.2) is 4.98 Å². The first-order valence-electron chi connectivity index (χ1n) is 8.27. The second-order valence-corrected chi connectivity index (χ2v) is 6.36. The van der Waals surface area contributed by atoms with Crippen molar-refractivity contribution >= 4 is 28.3 Å². The van der Waals surface area contributed by atoms with E-state index < -0.39 is 0 Å². The minimum atomic E-state index is 0.453. The van der Waals surface area contributed by atoms with E-state index in [-0.39, 0.29) is 0 Å². The molecule has 0 bridgehead atoms. The number of nitrogens with zero attached hydrogens (tertiary/aromatic N) is 3. The van der Waals surface area contributed by atoms with Crippen LogP contribution in [-0.4, -0.2) is 29.0 Å². The molecule has 1 N–H and O–H groups in total. The average molecular weight is 345 g/mol. The van der Waals surface area contributed by atoms with Gasteiger partial charge in [0.25, 0.3) is 0 Å². The third-order valence-corrected chi connectivity index (χ3v) is 4.04. The van der Waals surface area contributed by atoms with Crippen LogP contribution in [0.3, 0.4) is 0 Å². The predicted molar refractivity (Wildman–Crippen MR) is 104 cm³/mol. The van der Waals surface area contributed by atoms with Crippen LogP contribution in [0.25, 0.3) is 22.2 Å². The van der Waals surface area contributed by atoms with Gasteiger partial charge in [0.2, 0.25) is 0 Å². The standard InChI is InChI=1S/C17H19ClN4.C2H6/c1-10(2)14-6-11-5-13(18)12(7-15(11)21-14)16-8-20-17(9-19-16)22(3)4;1-2/h5-10,21H,1-4H3;1-2H3. The maximum atomic E-state index is 6.44. The Balaban J connectivity index is 0.00000100. The summed E-state index contributed by atoms with van der Waals surface area (Å²) in [4.78, 5) is 14.2. The monoisotopic (exact) mass is 344 g/mol. The molecule has 0 unspecified atom stereocenters. The molecule has 0 radical (unpaired) electrons. The van der Waals surface area contributed by atoms with Gasteiger partial charge in [-0.15, -0.1) is 0 Å². The van der Waals surface area contributed by atoms with Crippen LogP contribution in [0.2, 0.25) is 5.02 Å². The van der Waals surface area contributed by atoms with E-state index in [0.717, 1.165) is 28.0 Å². The third kappa shape index (κ3) is 3.70. The average Bonchev–Trinajstić information content (AvgIpc) is 2.99. The molecule has 0 saturated heterocycles. The molecule has 2 heterocycles. The van der Waals surface area contributed by atoms with Gasteiger partial charge >= 0.3 is 0 Å². The van der Waals surface area contributed by atoms with Crippen LogP contribution < -0.4 is 4.90 Å². The molecule has 0 spiro atoms. The van der Waals surface area contributed by atoms with Gasteiger partial charge in [-0.05, 0) is 24.1 Å². The lowest BCUT2D eigenvalue weighted by atomic mass is 10.1. The molecule has 5 heteroatoms. The molecule has 0 aliphatic heterocycles. The van der Waals surface area contributed by atoms with Crippen molar-refractivity contribution in [2.45, 2.75) is 33.6 Å². The molecule has 0 atom stereocenters. The molecule has 3 aromatic rings. The maximum absolute atomic E-state index is 6.44. The number of aromatic amines is 1. The number of rotatable bonds is 3. The SMILES string of the molecule is CC.CC(C)c1cc2cc(Cl)c(-c3cnc(N(C)C)cn3)cc2[nH]1. The highest BCUT2D eigenvalue weighted by Crippen LogP contribution is 2.32. The normalized spacial score (nSPS) is 10.7. The summed E-state index contributed by atoms with van der Waals surface area (Å²) in [5, 5.41) is 1.81. The first-order chi connectivity index (χ1) is 11.5. The molecule has 2 aromatic heterocycles. The van der Waals surface area contributed by atoms with Gasteiger partial charge < -0.3 is 9.88 Å². The number of benzene rings is 1. The summed E-state index contributed by atoms with van der Waals surface area (Å²) in [7, 11) is 3.88. The van der Waals surface area contributed by atoms with E-state index >= 15 is 0 Å². The molecular formula is C19H25ClN4. The zero-order chi connectivity index (χ0) is 17.9. The Morgan fingerprint density at radius 3 is 2.29 bits per heavy atom. The fourth-order valence-corrected chi connectivity index (χ4v) is 2.64. The molecule has 0 fully saturated rings. The number of fused-ring (bicyclic) bond motifs is 1. The van der Waals surface area contributed by atoms with Crippen molar-refractivity contribution in [1.82, 2.24) is 15.0 Å². The van der Waals surface area contributed by atoms with Gasteiger partial charge in [0.05, 0.1) is 23.1 Å². The largest absolute Gasteiger partial charge is 0.361 e. The Labute approximate surface area is 148 Å². The fourth-order valence-electron chi connectivity index (χ4n) is 2.37. The van der Waals surface area contributed by atoms with Crippen LogP contribution in [0, 0.1) is 0 Å². The Bertz CT molecular complexity index is 804. The fraction of sp³-hybridized carbons (Fsp3) is 0.368. The van der Waals surface area contributed by atoms with Crippen molar-refractivity contribution in [3.05, 3.63) is 41.3 Å². The van der Waals surface area contributed by atoms with Gasteiger partial charge in [-0.3, -0.25) is 4.98 Å². The Kier molecular flexibility index (Phi) is 5.84. The van der Waals surface area contributed by atoms with Crippen LogP contribution in [0.4, 0.5) is 5.82 Å². The minimum absolute atomic E-state index is 0.453. The first kappa shape index (κ1) is 18.3. The number of halogens is 1. The summed E-state index contributed by atoms with van der Waals surface area (Å²) in [6.07, 6.45) is 3.51. The molecule has 24 heavy (non-hydrogen) atoms. The second-order valence-electron chi connectivity index (χ2n) is 5.95. The first-order valence-corrected chi connectivity index (χ1v) is 8.65. The van der Waals surface area contributed by atoms with E-state index in [9.17, 15) is 0 Å². The molecule has 0 amide bonds. The lowest BCUT2D eigenvalue weighted by molar-refractivity contribution is 0.836. The molecule has 4 nitrogen and oxygen atoms in total. The molecule has 128 valence electrons. The minimum Gasteiger partial charge on any atom is -0.361 e. The Hall–Kier alpha value is -2.07. The summed E-state index contributed by atoms with van der Waals surface area (Å²) < 4.78 is 0. The van der Waals surface area contributed by atoms with E-state index in [1.54, 1.807) is 12.4 Å². The van der Waals surface area contributed by atoms with Gasteiger partial charge in [0, 0.05) is 36.3 Å². The third-order valence-electron chi connectivity index (χ3n) is 3.72. The lowest BCUT2D eigenvalue weighted by Crippen LogP contribution is -2.10. The van der Waals surface area contributed by atoms with E-state index in [2.05, 4.69) is 34.9 Å². The Morgan fingerprint density at radius 2 is 1.75 bits per heavy atom.